The first-order valence-electron chi connectivity index (χ1n) is 6.52. The summed E-state index contributed by atoms with van der Waals surface area (Å²) in [6, 6.07) is 0. The number of aromatic amines is 2. The number of carbonyl (C=O) groups excluding carboxylic acids is 1. The lowest BCUT2D eigenvalue weighted by Gasteiger charge is -2.30. The van der Waals surface area contributed by atoms with E-state index in [-0.39, 0.29) is 16.2 Å². The molecule has 1 aliphatic rings. The van der Waals surface area contributed by atoms with Crippen LogP contribution >= 0.6 is 12.2 Å². The molecule has 0 unspecified atom stereocenters. The number of hydrogen-bond acceptors (Lipinski definition) is 4. The summed E-state index contributed by atoms with van der Waals surface area (Å²) in [6.07, 6.45) is 2.77. The minimum atomic E-state index is -0.316. The van der Waals surface area contributed by atoms with E-state index in [0.717, 1.165) is 25.9 Å². The molecule has 0 aromatic carbocycles. The topological polar surface area (TPSA) is 81.8 Å². The zero-order valence-electron chi connectivity index (χ0n) is 10.9. The van der Waals surface area contributed by atoms with Gasteiger partial charge in [-0.05, 0) is 31.0 Å². The molecule has 0 radical (unpaired) electrons. The third kappa shape index (κ3) is 3.73. The molecule has 2 rings (SSSR count). The highest BCUT2D eigenvalue weighted by Crippen LogP contribution is 2.16. The van der Waals surface area contributed by atoms with Crippen LogP contribution in [-0.2, 0) is 11.2 Å². The fraction of sp³-hybridized carbons (Fsp3) is 0.667. The number of aryl methyl sites for hydroxylation is 1. The molecule has 1 amide bonds. The van der Waals surface area contributed by atoms with E-state index in [1.54, 1.807) is 0 Å². The standard InChI is InChI=1S/C12H18N4O2S/c1-8-4-6-16(7-5-8)10(17)3-2-9-11(18)13-12(19)15-14-9/h8H,2-7H2,1H3,(H2,13,15,18,19). The monoisotopic (exact) mass is 282 g/mol. The van der Waals surface area contributed by atoms with Gasteiger partial charge >= 0.3 is 0 Å². The first kappa shape index (κ1) is 13.9. The van der Waals surface area contributed by atoms with Crippen LogP contribution < -0.4 is 5.56 Å². The first-order chi connectivity index (χ1) is 9.06. The fourth-order valence-corrected chi connectivity index (χ4v) is 2.32. The molecule has 7 heteroatoms. The zero-order chi connectivity index (χ0) is 13.8. The van der Waals surface area contributed by atoms with Gasteiger partial charge in [-0.15, -0.1) is 0 Å². The fourth-order valence-electron chi connectivity index (χ4n) is 2.18. The first-order valence-corrected chi connectivity index (χ1v) is 6.92. The summed E-state index contributed by atoms with van der Waals surface area (Å²) in [6.45, 7) is 3.85. The van der Waals surface area contributed by atoms with Gasteiger partial charge in [0.2, 0.25) is 5.91 Å². The molecule has 1 aromatic heterocycles. The Bertz CT molecular complexity index is 557. The summed E-state index contributed by atoms with van der Waals surface area (Å²) in [7, 11) is 0. The van der Waals surface area contributed by atoms with Gasteiger partial charge in [-0.1, -0.05) is 6.92 Å². The Morgan fingerprint density at radius 3 is 2.79 bits per heavy atom. The number of piperidine rings is 1. The van der Waals surface area contributed by atoms with Crippen LogP contribution in [0.1, 0.15) is 31.9 Å². The number of rotatable bonds is 3. The second-order valence-corrected chi connectivity index (χ2v) is 5.43. The zero-order valence-corrected chi connectivity index (χ0v) is 11.8. The van der Waals surface area contributed by atoms with Gasteiger partial charge < -0.3 is 4.90 Å². The van der Waals surface area contributed by atoms with Crippen molar-refractivity contribution in [1.29, 1.82) is 0 Å². The van der Waals surface area contributed by atoms with Gasteiger partial charge in [0.15, 0.2) is 4.77 Å². The molecule has 0 atom stereocenters. The normalized spacial score (nSPS) is 16.6. The number of H-pyrrole nitrogens is 2. The SMILES string of the molecule is CC1CCN(C(=O)CCc2n[nH]c(=S)[nH]c2=O)CC1. The maximum Gasteiger partial charge on any atom is 0.273 e. The largest absolute Gasteiger partial charge is 0.343 e. The molecule has 19 heavy (non-hydrogen) atoms. The van der Waals surface area contributed by atoms with Gasteiger partial charge in [-0.2, -0.15) is 5.10 Å². The highest BCUT2D eigenvalue weighted by Gasteiger charge is 2.20. The summed E-state index contributed by atoms with van der Waals surface area (Å²) in [5.74, 6) is 0.790. The van der Waals surface area contributed by atoms with Gasteiger partial charge in [0, 0.05) is 25.9 Å². The number of hydrogen-bond donors (Lipinski definition) is 2. The second-order valence-electron chi connectivity index (χ2n) is 5.02. The quantitative estimate of drug-likeness (QED) is 0.811. The molecule has 1 aromatic rings. The van der Waals surface area contributed by atoms with Crippen molar-refractivity contribution in [3.8, 4) is 0 Å². The number of aromatic nitrogens is 3. The summed E-state index contributed by atoms with van der Waals surface area (Å²) >= 11 is 4.76. The number of nitrogens with zero attached hydrogens (tertiary/aromatic N) is 2. The van der Waals surface area contributed by atoms with E-state index in [4.69, 9.17) is 12.2 Å². The van der Waals surface area contributed by atoms with Crippen LogP contribution in [0.4, 0.5) is 0 Å². The highest BCUT2D eigenvalue weighted by atomic mass is 32.1. The van der Waals surface area contributed by atoms with Gasteiger partial charge in [0.25, 0.3) is 5.56 Å². The predicted octanol–water partition coefficient (Wildman–Crippen LogP) is 1.02. The average Bonchev–Trinajstić information content (AvgIpc) is 2.38. The maximum absolute atomic E-state index is 12.0. The smallest absolute Gasteiger partial charge is 0.273 e. The average molecular weight is 282 g/mol. The van der Waals surface area contributed by atoms with E-state index in [2.05, 4.69) is 22.1 Å². The van der Waals surface area contributed by atoms with Gasteiger partial charge in [0.05, 0.1) is 0 Å². The Morgan fingerprint density at radius 1 is 1.47 bits per heavy atom. The van der Waals surface area contributed by atoms with Crippen LogP contribution in [-0.4, -0.2) is 39.1 Å². The second kappa shape index (κ2) is 6.10. The Labute approximate surface area is 116 Å². The Morgan fingerprint density at radius 2 is 2.16 bits per heavy atom. The molecule has 1 fully saturated rings. The van der Waals surface area contributed by atoms with E-state index in [1.165, 1.54) is 0 Å². The van der Waals surface area contributed by atoms with E-state index in [0.29, 0.717) is 24.5 Å². The molecule has 0 aliphatic carbocycles. The number of nitrogens with one attached hydrogen (secondary N) is 2. The van der Waals surface area contributed by atoms with Crippen molar-refractivity contribution in [1.82, 2.24) is 20.1 Å². The Balaban J connectivity index is 1.90. The van der Waals surface area contributed by atoms with Gasteiger partial charge in [-0.3, -0.25) is 19.7 Å². The molecular weight excluding hydrogens is 264 g/mol. The predicted molar refractivity (Wildman–Crippen MR) is 73.3 cm³/mol. The Hall–Kier alpha value is -1.50. The van der Waals surface area contributed by atoms with Gasteiger partial charge in [0.1, 0.15) is 5.69 Å². The number of likely N-dealkylation sites (tertiary alicyclic amines) is 1. The van der Waals surface area contributed by atoms with Crippen LogP contribution in [0.5, 0.6) is 0 Å². The molecule has 104 valence electrons. The number of carbonyl (C=O) groups is 1. The lowest BCUT2D eigenvalue weighted by molar-refractivity contribution is -0.132. The molecule has 1 aliphatic heterocycles. The molecule has 6 nitrogen and oxygen atoms in total. The Kier molecular flexibility index (Phi) is 4.47. The minimum absolute atomic E-state index is 0.0931. The van der Waals surface area contributed by atoms with Crippen molar-refractivity contribution in [2.24, 2.45) is 5.92 Å². The van der Waals surface area contributed by atoms with Crippen LogP contribution in [0, 0.1) is 10.7 Å². The van der Waals surface area contributed by atoms with E-state index in [9.17, 15) is 9.59 Å². The minimum Gasteiger partial charge on any atom is -0.343 e. The molecular formula is C12H18N4O2S. The third-order valence-corrected chi connectivity index (χ3v) is 3.69. The summed E-state index contributed by atoms with van der Waals surface area (Å²) in [5.41, 5.74) is 0.0103. The van der Waals surface area contributed by atoms with Crippen LogP contribution in [0.25, 0.3) is 0 Å². The van der Waals surface area contributed by atoms with E-state index >= 15 is 0 Å². The van der Waals surface area contributed by atoms with Crippen molar-refractivity contribution in [2.75, 3.05) is 13.1 Å². The van der Waals surface area contributed by atoms with Crippen LogP contribution in [0.2, 0.25) is 0 Å². The molecule has 2 N–H and O–H groups in total. The molecule has 0 spiro atoms. The van der Waals surface area contributed by atoms with Crippen LogP contribution in [0.15, 0.2) is 4.79 Å². The van der Waals surface area contributed by atoms with Gasteiger partial charge in [-0.25, -0.2) is 0 Å². The lowest BCUT2D eigenvalue weighted by Crippen LogP contribution is -2.38. The maximum atomic E-state index is 12.0. The lowest BCUT2D eigenvalue weighted by atomic mass is 9.99. The van der Waals surface area contributed by atoms with Crippen molar-refractivity contribution >= 4 is 18.1 Å². The van der Waals surface area contributed by atoms with Crippen molar-refractivity contribution < 1.29 is 4.79 Å². The molecule has 0 saturated carbocycles. The third-order valence-electron chi connectivity index (χ3n) is 3.49. The molecule has 0 bridgehead atoms. The molecule has 1 saturated heterocycles. The van der Waals surface area contributed by atoms with Crippen molar-refractivity contribution in [3.63, 3.8) is 0 Å². The highest BCUT2D eigenvalue weighted by molar-refractivity contribution is 7.71. The van der Waals surface area contributed by atoms with Crippen LogP contribution in [0.3, 0.4) is 0 Å². The summed E-state index contributed by atoms with van der Waals surface area (Å²) in [5, 5.41) is 6.40. The van der Waals surface area contributed by atoms with E-state index in [1.807, 2.05) is 4.90 Å². The van der Waals surface area contributed by atoms with Crippen molar-refractivity contribution in [3.05, 3.63) is 20.8 Å². The summed E-state index contributed by atoms with van der Waals surface area (Å²) < 4.78 is 0.199. The molecule has 2 heterocycles. The number of amides is 1. The van der Waals surface area contributed by atoms with E-state index < -0.39 is 0 Å². The summed E-state index contributed by atoms with van der Waals surface area (Å²) in [4.78, 5) is 27.9. The van der Waals surface area contributed by atoms with Crippen molar-refractivity contribution in [2.45, 2.75) is 32.6 Å².